The van der Waals surface area contributed by atoms with Gasteiger partial charge in [0.2, 0.25) is 0 Å². The Balaban J connectivity index is 2.43. The Labute approximate surface area is 103 Å². The second kappa shape index (κ2) is 5.82. The summed E-state index contributed by atoms with van der Waals surface area (Å²) in [6, 6.07) is 8.45. The zero-order valence-corrected chi connectivity index (χ0v) is 10.8. The van der Waals surface area contributed by atoms with Gasteiger partial charge in [0, 0.05) is 13.1 Å². The molecule has 0 aliphatic rings. The fourth-order valence-corrected chi connectivity index (χ4v) is 1.55. The van der Waals surface area contributed by atoms with E-state index in [9.17, 15) is 4.79 Å². The Hall–Kier alpha value is -1.35. The van der Waals surface area contributed by atoms with E-state index in [2.05, 4.69) is 50.4 Å². The van der Waals surface area contributed by atoms with E-state index < -0.39 is 5.97 Å². The highest BCUT2D eigenvalue weighted by Gasteiger charge is 2.12. The molecule has 0 radical (unpaired) electrons. The quantitative estimate of drug-likeness (QED) is 0.771. The third kappa shape index (κ3) is 5.00. The molecule has 0 heterocycles. The van der Waals surface area contributed by atoms with Crippen LogP contribution in [0.5, 0.6) is 0 Å². The molecule has 3 nitrogen and oxygen atoms in total. The lowest BCUT2D eigenvalue weighted by atomic mass is 9.87. The fraction of sp³-hybridized carbons (Fsp3) is 0.500. The van der Waals surface area contributed by atoms with Crippen molar-refractivity contribution in [3.63, 3.8) is 0 Å². The van der Waals surface area contributed by atoms with Gasteiger partial charge in [0.05, 0.1) is 6.42 Å². The van der Waals surface area contributed by atoms with Crippen LogP contribution in [0.3, 0.4) is 0 Å². The van der Waals surface area contributed by atoms with Gasteiger partial charge >= 0.3 is 5.97 Å². The number of carboxylic acid groups (broad SMARTS) is 1. The first-order valence-corrected chi connectivity index (χ1v) is 5.91. The molecule has 0 unspecified atom stereocenters. The first-order chi connectivity index (χ1) is 7.89. The van der Waals surface area contributed by atoms with E-state index >= 15 is 0 Å². The molecule has 1 aromatic carbocycles. The number of aliphatic carboxylic acids is 1. The van der Waals surface area contributed by atoms with Crippen molar-refractivity contribution in [3.05, 3.63) is 35.4 Å². The summed E-state index contributed by atoms with van der Waals surface area (Å²) in [5.74, 6) is -0.763. The Morgan fingerprint density at radius 3 is 2.29 bits per heavy atom. The zero-order valence-electron chi connectivity index (χ0n) is 10.8. The molecule has 0 aromatic heterocycles. The van der Waals surface area contributed by atoms with Gasteiger partial charge in [-0.1, -0.05) is 45.0 Å². The molecule has 1 aromatic rings. The van der Waals surface area contributed by atoms with Gasteiger partial charge in [-0.3, -0.25) is 4.79 Å². The van der Waals surface area contributed by atoms with Crippen molar-refractivity contribution < 1.29 is 9.90 Å². The molecule has 94 valence electrons. The maximum Gasteiger partial charge on any atom is 0.304 e. The minimum Gasteiger partial charge on any atom is -0.481 e. The van der Waals surface area contributed by atoms with Crippen molar-refractivity contribution in [3.8, 4) is 0 Å². The molecule has 0 fully saturated rings. The number of benzene rings is 1. The average Bonchev–Trinajstić information content (AvgIpc) is 2.23. The summed E-state index contributed by atoms with van der Waals surface area (Å²) in [6.07, 6.45) is 0.167. The minimum atomic E-state index is -0.763. The van der Waals surface area contributed by atoms with Crippen LogP contribution in [0.2, 0.25) is 0 Å². The summed E-state index contributed by atoms with van der Waals surface area (Å²) in [5.41, 5.74) is 2.67. The van der Waals surface area contributed by atoms with E-state index in [4.69, 9.17) is 5.11 Å². The van der Waals surface area contributed by atoms with Crippen molar-refractivity contribution in [2.75, 3.05) is 6.54 Å². The first-order valence-electron chi connectivity index (χ1n) is 5.91. The second-order valence-corrected chi connectivity index (χ2v) is 5.27. The number of carbonyl (C=O) groups is 1. The number of hydrogen-bond acceptors (Lipinski definition) is 2. The molecule has 2 N–H and O–H groups in total. The molecule has 0 saturated heterocycles. The topological polar surface area (TPSA) is 49.3 Å². The monoisotopic (exact) mass is 235 g/mol. The largest absolute Gasteiger partial charge is 0.481 e. The van der Waals surface area contributed by atoms with Crippen molar-refractivity contribution in [1.82, 2.24) is 5.32 Å². The molecule has 17 heavy (non-hydrogen) atoms. The molecule has 0 saturated carbocycles. The van der Waals surface area contributed by atoms with Gasteiger partial charge in [0.25, 0.3) is 0 Å². The molecule has 0 aliphatic carbocycles. The summed E-state index contributed by atoms with van der Waals surface area (Å²) in [6.45, 7) is 7.79. The van der Waals surface area contributed by atoms with Crippen LogP contribution in [0.4, 0.5) is 0 Å². The van der Waals surface area contributed by atoms with Gasteiger partial charge in [-0.05, 0) is 16.5 Å². The predicted octanol–water partition coefficient (Wildman–Crippen LogP) is 2.55. The van der Waals surface area contributed by atoms with Gasteiger partial charge in [-0.25, -0.2) is 0 Å². The van der Waals surface area contributed by atoms with E-state index in [0.717, 1.165) is 6.54 Å². The Bertz CT molecular complexity index is 363. The highest BCUT2D eigenvalue weighted by atomic mass is 16.4. The van der Waals surface area contributed by atoms with E-state index in [1.54, 1.807) is 0 Å². The molecule has 0 spiro atoms. The molecule has 0 aliphatic heterocycles. The van der Waals surface area contributed by atoms with Crippen molar-refractivity contribution in [1.29, 1.82) is 0 Å². The number of rotatable bonds is 5. The lowest BCUT2D eigenvalue weighted by molar-refractivity contribution is -0.136. The van der Waals surface area contributed by atoms with Crippen LogP contribution < -0.4 is 5.32 Å². The van der Waals surface area contributed by atoms with Gasteiger partial charge < -0.3 is 10.4 Å². The molecular formula is C14H21NO2. The van der Waals surface area contributed by atoms with Crippen LogP contribution in [-0.2, 0) is 16.8 Å². The summed E-state index contributed by atoms with van der Waals surface area (Å²) in [4.78, 5) is 10.3. The van der Waals surface area contributed by atoms with Gasteiger partial charge in [0.1, 0.15) is 0 Å². The highest BCUT2D eigenvalue weighted by molar-refractivity contribution is 5.66. The molecular weight excluding hydrogens is 214 g/mol. The van der Waals surface area contributed by atoms with E-state index in [1.165, 1.54) is 11.1 Å². The normalized spacial score (nSPS) is 11.5. The van der Waals surface area contributed by atoms with Crippen molar-refractivity contribution >= 4 is 5.97 Å². The van der Waals surface area contributed by atoms with E-state index in [1.807, 2.05) is 0 Å². The van der Waals surface area contributed by atoms with Gasteiger partial charge in [0.15, 0.2) is 0 Å². The molecule has 1 rings (SSSR count). The molecule has 0 bridgehead atoms. The van der Waals surface area contributed by atoms with Crippen LogP contribution in [0, 0.1) is 0 Å². The number of carboxylic acids is 1. The summed E-state index contributed by atoms with van der Waals surface area (Å²) in [7, 11) is 0. The van der Waals surface area contributed by atoms with Gasteiger partial charge in [-0.2, -0.15) is 0 Å². The summed E-state index contributed by atoms with van der Waals surface area (Å²) < 4.78 is 0. The maximum absolute atomic E-state index is 10.3. The van der Waals surface area contributed by atoms with Crippen LogP contribution in [0.1, 0.15) is 38.3 Å². The smallest absolute Gasteiger partial charge is 0.304 e. The van der Waals surface area contributed by atoms with Crippen LogP contribution >= 0.6 is 0 Å². The van der Waals surface area contributed by atoms with E-state index in [-0.39, 0.29) is 11.8 Å². The Morgan fingerprint density at radius 1 is 1.24 bits per heavy atom. The summed E-state index contributed by atoms with van der Waals surface area (Å²) in [5, 5.41) is 11.6. The molecule has 3 heteroatoms. The maximum atomic E-state index is 10.3. The molecule has 0 atom stereocenters. The molecule has 0 amide bonds. The Morgan fingerprint density at radius 2 is 1.82 bits per heavy atom. The third-order valence-electron chi connectivity index (χ3n) is 2.66. The van der Waals surface area contributed by atoms with Crippen LogP contribution in [0.15, 0.2) is 24.3 Å². The van der Waals surface area contributed by atoms with Crippen molar-refractivity contribution in [2.45, 2.75) is 39.2 Å². The fourth-order valence-electron chi connectivity index (χ4n) is 1.55. The number of hydrogen-bond donors (Lipinski definition) is 2. The van der Waals surface area contributed by atoms with E-state index in [0.29, 0.717) is 6.54 Å². The standard InChI is InChI=1S/C14H21NO2/c1-14(2,3)12-6-4-11(5-7-12)10-15-9-8-13(16)17/h4-7,15H,8-10H2,1-3H3,(H,16,17). The number of nitrogens with one attached hydrogen (secondary N) is 1. The first kappa shape index (κ1) is 13.7. The van der Waals surface area contributed by atoms with Crippen LogP contribution in [-0.4, -0.2) is 17.6 Å². The SMILES string of the molecule is CC(C)(C)c1ccc(CNCCC(=O)O)cc1. The second-order valence-electron chi connectivity index (χ2n) is 5.27. The lowest BCUT2D eigenvalue weighted by Crippen LogP contribution is -2.18. The average molecular weight is 235 g/mol. The predicted molar refractivity (Wildman–Crippen MR) is 69.1 cm³/mol. The zero-order chi connectivity index (χ0) is 12.9. The van der Waals surface area contributed by atoms with Crippen LogP contribution in [0.25, 0.3) is 0 Å². The minimum absolute atomic E-state index is 0.167. The van der Waals surface area contributed by atoms with Gasteiger partial charge in [-0.15, -0.1) is 0 Å². The Kier molecular flexibility index (Phi) is 4.70. The highest BCUT2D eigenvalue weighted by Crippen LogP contribution is 2.21. The third-order valence-corrected chi connectivity index (χ3v) is 2.66. The van der Waals surface area contributed by atoms with Crippen molar-refractivity contribution in [2.24, 2.45) is 0 Å². The summed E-state index contributed by atoms with van der Waals surface area (Å²) >= 11 is 0. The lowest BCUT2D eigenvalue weighted by Gasteiger charge is -2.19.